The summed E-state index contributed by atoms with van der Waals surface area (Å²) in [6, 6.07) is 9.76. The van der Waals surface area contributed by atoms with Crippen molar-refractivity contribution in [2.45, 2.75) is 39.2 Å². The van der Waals surface area contributed by atoms with Gasteiger partial charge in [0.05, 0.1) is 5.56 Å². The smallest absolute Gasteiger partial charge is 0.331 e. The molecule has 2 aromatic rings. The molecule has 0 bridgehead atoms. The molecule has 2 rings (SSSR count). The van der Waals surface area contributed by atoms with Crippen LogP contribution < -0.4 is 11.2 Å². The Balaban J connectivity index is 2.25. The monoisotopic (exact) mass is 288 g/mol. The lowest BCUT2D eigenvalue weighted by Crippen LogP contribution is -2.33. The highest BCUT2D eigenvalue weighted by Crippen LogP contribution is 2.20. The van der Waals surface area contributed by atoms with E-state index in [0.29, 0.717) is 12.8 Å². The zero-order chi connectivity index (χ0) is 15.4. The van der Waals surface area contributed by atoms with Crippen molar-refractivity contribution in [3.05, 3.63) is 62.3 Å². The van der Waals surface area contributed by atoms with E-state index < -0.39 is 11.2 Å². The van der Waals surface area contributed by atoms with Crippen LogP contribution in [0.5, 0.6) is 5.88 Å². The maximum atomic E-state index is 11.9. The molecule has 0 radical (unpaired) electrons. The molecule has 0 saturated heterocycles. The van der Waals surface area contributed by atoms with Crippen LogP contribution in [-0.2, 0) is 12.8 Å². The first kappa shape index (κ1) is 15.1. The molecule has 1 aromatic carbocycles. The quantitative estimate of drug-likeness (QED) is 0.883. The molecule has 1 heterocycles. The molecule has 112 valence electrons. The molecule has 0 saturated carbocycles. The Morgan fingerprint density at radius 3 is 2.52 bits per heavy atom. The van der Waals surface area contributed by atoms with Gasteiger partial charge in [0.25, 0.3) is 5.56 Å². The lowest BCUT2D eigenvalue weighted by atomic mass is 10.1. The van der Waals surface area contributed by atoms with Crippen molar-refractivity contribution in [1.82, 2.24) is 9.55 Å². The summed E-state index contributed by atoms with van der Waals surface area (Å²) in [6.45, 7) is 3.63. The van der Waals surface area contributed by atoms with Crippen LogP contribution in [0.3, 0.4) is 0 Å². The largest absolute Gasteiger partial charge is 0.494 e. The van der Waals surface area contributed by atoms with Crippen molar-refractivity contribution >= 4 is 0 Å². The summed E-state index contributed by atoms with van der Waals surface area (Å²) in [4.78, 5) is 25.8. The molecule has 1 unspecified atom stereocenters. The highest BCUT2D eigenvalue weighted by Gasteiger charge is 2.17. The fourth-order valence-electron chi connectivity index (χ4n) is 2.45. The maximum absolute atomic E-state index is 11.9. The van der Waals surface area contributed by atoms with Gasteiger partial charge in [0.2, 0.25) is 5.88 Å². The van der Waals surface area contributed by atoms with Crippen LogP contribution in [0.25, 0.3) is 0 Å². The fourth-order valence-corrected chi connectivity index (χ4v) is 2.45. The Labute approximate surface area is 122 Å². The van der Waals surface area contributed by atoms with Crippen LogP contribution >= 0.6 is 0 Å². The molecule has 21 heavy (non-hydrogen) atoms. The zero-order valence-electron chi connectivity index (χ0n) is 12.3. The van der Waals surface area contributed by atoms with Crippen molar-refractivity contribution in [3.63, 3.8) is 0 Å². The second-order valence-corrected chi connectivity index (χ2v) is 5.16. The third-order valence-corrected chi connectivity index (χ3v) is 3.70. The first-order chi connectivity index (χ1) is 10.0. The van der Waals surface area contributed by atoms with E-state index in [1.807, 2.05) is 37.3 Å². The average molecular weight is 288 g/mol. The summed E-state index contributed by atoms with van der Waals surface area (Å²) >= 11 is 0. The number of aromatic hydroxyl groups is 1. The number of H-pyrrole nitrogens is 1. The molecule has 0 spiro atoms. The van der Waals surface area contributed by atoms with Crippen molar-refractivity contribution in [2.75, 3.05) is 0 Å². The Morgan fingerprint density at radius 2 is 1.90 bits per heavy atom. The second kappa shape index (κ2) is 6.43. The summed E-state index contributed by atoms with van der Waals surface area (Å²) < 4.78 is 1.27. The molecule has 0 aliphatic rings. The molecule has 0 aliphatic heterocycles. The number of aromatic nitrogens is 2. The van der Waals surface area contributed by atoms with Crippen LogP contribution in [0.15, 0.2) is 39.9 Å². The molecule has 1 aromatic heterocycles. The summed E-state index contributed by atoms with van der Waals surface area (Å²) in [5.74, 6) is -0.216. The summed E-state index contributed by atoms with van der Waals surface area (Å²) in [7, 11) is 0. The van der Waals surface area contributed by atoms with E-state index >= 15 is 0 Å². The highest BCUT2D eigenvalue weighted by molar-refractivity contribution is 5.23. The van der Waals surface area contributed by atoms with E-state index in [0.717, 1.165) is 6.42 Å². The molecule has 1 atom stereocenters. The van der Waals surface area contributed by atoms with Gasteiger partial charge >= 0.3 is 5.69 Å². The van der Waals surface area contributed by atoms with Crippen molar-refractivity contribution < 1.29 is 5.11 Å². The Bertz CT molecular complexity index is 717. The van der Waals surface area contributed by atoms with Gasteiger partial charge in [0.1, 0.15) is 0 Å². The summed E-state index contributed by atoms with van der Waals surface area (Å²) in [5.41, 5.74) is 0.361. The number of benzene rings is 1. The van der Waals surface area contributed by atoms with E-state index in [4.69, 9.17) is 0 Å². The van der Waals surface area contributed by atoms with Crippen LogP contribution in [0, 0.1) is 0 Å². The zero-order valence-corrected chi connectivity index (χ0v) is 12.3. The van der Waals surface area contributed by atoms with E-state index in [1.165, 1.54) is 10.1 Å². The van der Waals surface area contributed by atoms with Gasteiger partial charge < -0.3 is 5.11 Å². The Hall–Kier alpha value is -2.30. The molecular formula is C16H20N2O3. The molecular weight excluding hydrogens is 268 g/mol. The van der Waals surface area contributed by atoms with Crippen LogP contribution in [0.2, 0.25) is 0 Å². The SMILES string of the molecule is CCc1c(O)n(C(C)CCc2ccccc2)c(=O)[nH]c1=O. The van der Waals surface area contributed by atoms with Crippen molar-refractivity contribution in [1.29, 1.82) is 0 Å². The van der Waals surface area contributed by atoms with E-state index in [9.17, 15) is 14.7 Å². The first-order valence-corrected chi connectivity index (χ1v) is 7.15. The number of rotatable bonds is 5. The minimum atomic E-state index is -0.560. The summed E-state index contributed by atoms with van der Waals surface area (Å²) in [6.07, 6.45) is 1.88. The van der Waals surface area contributed by atoms with Gasteiger partial charge in [-0.25, -0.2) is 4.79 Å². The number of aryl methyl sites for hydroxylation is 1. The normalized spacial score (nSPS) is 12.3. The number of aromatic amines is 1. The number of hydrogen-bond donors (Lipinski definition) is 2. The van der Waals surface area contributed by atoms with Crippen LogP contribution in [-0.4, -0.2) is 14.7 Å². The van der Waals surface area contributed by atoms with Gasteiger partial charge in [-0.15, -0.1) is 0 Å². The molecule has 5 nitrogen and oxygen atoms in total. The molecule has 5 heteroatoms. The third kappa shape index (κ3) is 3.24. The minimum Gasteiger partial charge on any atom is -0.494 e. The van der Waals surface area contributed by atoms with Gasteiger partial charge in [-0.05, 0) is 31.7 Å². The van der Waals surface area contributed by atoms with Gasteiger partial charge in [-0.1, -0.05) is 37.3 Å². The minimum absolute atomic E-state index is 0.195. The molecule has 0 aliphatic carbocycles. The standard InChI is InChI=1S/C16H20N2O3/c1-3-13-14(19)17-16(21)18(15(13)20)11(2)9-10-12-7-5-4-6-8-12/h4-8,11,20H,3,9-10H2,1-2H3,(H,17,19,21). The van der Waals surface area contributed by atoms with Crippen molar-refractivity contribution in [3.8, 4) is 5.88 Å². The van der Waals surface area contributed by atoms with E-state index in [1.54, 1.807) is 6.92 Å². The van der Waals surface area contributed by atoms with E-state index in [2.05, 4.69) is 4.98 Å². The number of nitrogens with one attached hydrogen (secondary N) is 1. The Kier molecular flexibility index (Phi) is 4.62. The third-order valence-electron chi connectivity index (χ3n) is 3.70. The van der Waals surface area contributed by atoms with Crippen molar-refractivity contribution in [2.24, 2.45) is 0 Å². The molecule has 0 amide bonds. The average Bonchev–Trinajstić information content (AvgIpc) is 2.46. The fraction of sp³-hybridized carbons (Fsp3) is 0.375. The van der Waals surface area contributed by atoms with Gasteiger partial charge in [0.15, 0.2) is 0 Å². The highest BCUT2D eigenvalue weighted by atomic mass is 16.3. The lowest BCUT2D eigenvalue weighted by molar-refractivity contribution is 0.356. The van der Waals surface area contributed by atoms with Gasteiger partial charge in [-0.2, -0.15) is 0 Å². The molecule has 2 N–H and O–H groups in total. The topological polar surface area (TPSA) is 75.1 Å². The first-order valence-electron chi connectivity index (χ1n) is 7.15. The maximum Gasteiger partial charge on any atom is 0.331 e. The summed E-state index contributed by atoms with van der Waals surface area (Å²) in [5, 5.41) is 10.2. The lowest BCUT2D eigenvalue weighted by Gasteiger charge is -2.17. The van der Waals surface area contributed by atoms with Gasteiger partial charge in [0, 0.05) is 6.04 Å². The molecule has 0 fully saturated rings. The number of hydrogen-bond acceptors (Lipinski definition) is 3. The predicted molar refractivity (Wildman–Crippen MR) is 81.8 cm³/mol. The van der Waals surface area contributed by atoms with E-state index in [-0.39, 0.29) is 17.5 Å². The van der Waals surface area contributed by atoms with Crippen LogP contribution in [0.1, 0.15) is 37.4 Å². The van der Waals surface area contributed by atoms with Gasteiger partial charge in [-0.3, -0.25) is 14.3 Å². The predicted octanol–water partition coefficient (Wildman–Crippen LogP) is 2.00. The second-order valence-electron chi connectivity index (χ2n) is 5.16. The Morgan fingerprint density at radius 1 is 1.24 bits per heavy atom. The van der Waals surface area contributed by atoms with Crippen LogP contribution in [0.4, 0.5) is 0 Å². The number of nitrogens with zero attached hydrogens (tertiary/aromatic N) is 1.